The van der Waals surface area contributed by atoms with Gasteiger partial charge >= 0.3 is 0 Å². The molecule has 5 heteroatoms. The fourth-order valence-electron chi connectivity index (χ4n) is 0.966. The molecule has 0 saturated heterocycles. The summed E-state index contributed by atoms with van der Waals surface area (Å²) >= 11 is 0. The Bertz CT molecular complexity index is 314. The lowest BCUT2D eigenvalue weighted by molar-refractivity contribution is 0.218. The molecule has 1 N–H and O–H groups in total. The van der Waals surface area contributed by atoms with Crippen LogP contribution in [0.25, 0.3) is 5.70 Å². The lowest BCUT2D eigenvalue weighted by Gasteiger charge is -2.08. The molecule has 0 fully saturated rings. The summed E-state index contributed by atoms with van der Waals surface area (Å²) in [4.78, 5) is 1.39. The van der Waals surface area contributed by atoms with Crippen molar-refractivity contribution >= 4 is 5.70 Å². The number of nitrogens with zero attached hydrogens (tertiary/aromatic N) is 4. The van der Waals surface area contributed by atoms with E-state index >= 15 is 0 Å². The summed E-state index contributed by atoms with van der Waals surface area (Å²) in [6.45, 7) is 0. The van der Waals surface area contributed by atoms with Gasteiger partial charge in [0.1, 0.15) is 0 Å². The van der Waals surface area contributed by atoms with Crippen molar-refractivity contribution in [3.05, 3.63) is 24.6 Å². The van der Waals surface area contributed by atoms with Gasteiger partial charge in [-0.1, -0.05) is 6.08 Å². The number of aliphatic hydroxyl groups excluding tert-OH is 1. The second-order valence-electron chi connectivity index (χ2n) is 2.42. The SMILES string of the molecule is OC1[C]=CC(n2ncnn2)=CC1. The molecule has 12 heavy (non-hydrogen) atoms. The topological polar surface area (TPSA) is 63.8 Å². The molecule has 5 nitrogen and oxygen atoms in total. The maximum atomic E-state index is 9.07. The molecule has 1 unspecified atom stereocenters. The summed E-state index contributed by atoms with van der Waals surface area (Å²) in [6.07, 6.45) is 7.65. The lowest BCUT2D eigenvalue weighted by atomic mass is 10.1. The van der Waals surface area contributed by atoms with Crippen molar-refractivity contribution in [2.75, 3.05) is 0 Å². The standard InChI is InChI=1S/C7H7N4O/c12-7-3-1-6(2-4-7)11-9-5-8-10-11/h1-2,5,7,12H,3H2. The number of hydrogen-bond donors (Lipinski definition) is 1. The Kier molecular flexibility index (Phi) is 1.71. The molecule has 1 aromatic heterocycles. The van der Waals surface area contributed by atoms with Crippen molar-refractivity contribution in [3.63, 3.8) is 0 Å². The van der Waals surface area contributed by atoms with Crippen LogP contribution >= 0.6 is 0 Å². The Hall–Kier alpha value is -1.49. The molecular formula is C7H7N4O. The first-order chi connectivity index (χ1) is 5.86. The molecule has 0 bridgehead atoms. The minimum atomic E-state index is -0.503. The third kappa shape index (κ3) is 1.26. The molecule has 1 aromatic rings. The number of hydrogen-bond acceptors (Lipinski definition) is 4. The normalized spacial score (nSPS) is 22.4. The Morgan fingerprint density at radius 3 is 3.17 bits per heavy atom. The molecule has 0 saturated carbocycles. The average Bonchev–Trinajstić information content (AvgIpc) is 2.58. The molecule has 1 atom stereocenters. The molecule has 1 radical (unpaired) electrons. The second kappa shape index (κ2) is 2.86. The number of tetrazole rings is 1. The van der Waals surface area contributed by atoms with Crippen LogP contribution < -0.4 is 0 Å². The monoisotopic (exact) mass is 163 g/mol. The maximum absolute atomic E-state index is 9.07. The average molecular weight is 163 g/mol. The highest BCUT2D eigenvalue weighted by atomic mass is 16.3. The summed E-state index contributed by atoms with van der Waals surface area (Å²) in [7, 11) is 0. The molecule has 1 heterocycles. The minimum absolute atomic E-state index is 0.503. The van der Waals surface area contributed by atoms with Gasteiger partial charge in [-0.25, -0.2) is 0 Å². The maximum Gasteiger partial charge on any atom is 0.162 e. The summed E-state index contributed by atoms with van der Waals surface area (Å²) in [5.41, 5.74) is 0.790. The fourth-order valence-corrected chi connectivity index (χ4v) is 0.966. The first kappa shape index (κ1) is 7.17. The van der Waals surface area contributed by atoms with E-state index in [1.54, 1.807) is 6.08 Å². The molecule has 1 aliphatic rings. The van der Waals surface area contributed by atoms with Gasteiger partial charge in [-0.05, 0) is 23.8 Å². The predicted molar refractivity (Wildman–Crippen MR) is 40.5 cm³/mol. The summed E-state index contributed by atoms with van der Waals surface area (Å²) < 4.78 is 0. The molecule has 2 rings (SSSR count). The zero-order chi connectivity index (χ0) is 8.39. The van der Waals surface area contributed by atoms with Crippen molar-refractivity contribution in [1.29, 1.82) is 0 Å². The van der Waals surface area contributed by atoms with Gasteiger partial charge < -0.3 is 5.11 Å². The Labute approximate surface area is 69.0 Å². The predicted octanol–water partition coefficient (Wildman–Crippen LogP) is -0.362. The van der Waals surface area contributed by atoms with E-state index in [9.17, 15) is 0 Å². The second-order valence-corrected chi connectivity index (χ2v) is 2.42. The summed E-state index contributed by atoms with van der Waals surface area (Å²) in [5, 5.41) is 20.2. The lowest BCUT2D eigenvalue weighted by Crippen LogP contribution is -2.09. The third-order valence-corrected chi connectivity index (χ3v) is 1.55. The number of aliphatic hydroxyl groups is 1. The molecule has 61 valence electrons. The highest BCUT2D eigenvalue weighted by molar-refractivity contribution is 5.55. The Balaban J connectivity index is 2.23. The van der Waals surface area contributed by atoms with Gasteiger partial charge in [-0.15, -0.1) is 15.0 Å². The van der Waals surface area contributed by atoms with Gasteiger partial charge in [-0.3, -0.25) is 0 Å². The highest BCUT2D eigenvalue weighted by Crippen LogP contribution is 2.11. The zero-order valence-corrected chi connectivity index (χ0v) is 6.25. The molecule has 0 aromatic carbocycles. The van der Waals surface area contributed by atoms with Crippen LogP contribution in [0.5, 0.6) is 0 Å². The molecule has 1 aliphatic carbocycles. The molecule has 0 aliphatic heterocycles. The van der Waals surface area contributed by atoms with E-state index < -0.39 is 6.10 Å². The largest absolute Gasteiger partial charge is 0.388 e. The fraction of sp³-hybridized carbons (Fsp3) is 0.286. The quantitative estimate of drug-likeness (QED) is 0.614. The van der Waals surface area contributed by atoms with Crippen molar-refractivity contribution in [2.45, 2.75) is 12.5 Å². The first-order valence-corrected chi connectivity index (χ1v) is 3.57. The van der Waals surface area contributed by atoms with Gasteiger partial charge in [-0.2, -0.15) is 0 Å². The summed E-state index contributed by atoms with van der Waals surface area (Å²) in [5.74, 6) is 0. The van der Waals surface area contributed by atoms with Crippen LogP contribution in [-0.2, 0) is 0 Å². The van der Waals surface area contributed by atoms with Crippen LogP contribution in [0.2, 0.25) is 0 Å². The van der Waals surface area contributed by atoms with Gasteiger partial charge in [0.15, 0.2) is 6.33 Å². The van der Waals surface area contributed by atoms with Crippen molar-refractivity contribution in [2.24, 2.45) is 0 Å². The van der Waals surface area contributed by atoms with E-state index in [0.717, 1.165) is 5.70 Å². The molecule has 0 amide bonds. The van der Waals surface area contributed by atoms with E-state index in [-0.39, 0.29) is 0 Å². The number of aromatic nitrogens is 4. The van der Waals surface area contributed by atoms with Crippen LogP contribution in [0.4, 0.5) is 0 Å². The van der Waals surface area contributed by atoms with E-state index in [0.29, 0.717) is 6.42 Å². The van der Waals surface area contributed by atoms with E-state index in [1.165, 1.54) is 11.1 Å². The van der Waals surface area contributed by atoms with E-state index in [4.69, 9.17) is 5.11 Å². The van der Waals surface area contributed by atoms with Gasteiger partial charge in [0.2, 0.25) is 0 Å². The zero-order valence-electron chi connectivity index (χ0n) is 6.25. The van der Waals surface area contributed by atoms with Gasteiger partial charge in [0.25, 0.3) is 0 Å². The summed E-state index contributed by atoms with van der Waals surface area (Å²) in [6, 6.07) is 0. The van der Waals surface area contributed by atoms with Crippen LogP contribution in [0, 0.1) is 6.08 Å². The minimum Gasteiger partial charge on any atom is -0.388 e. The number of allylic oxidation sites excluding steroid dienone is 2. The smallest absolute Gasteiger partial charge is 0.162 e. The van der Waals surface area contributed by atoms with Crippen LogP contribution in [0.1, 0.15) is 6.42 Å². The third-order valence-electron chi connectivity index (χ3n) is 1.55. The van der Waals surface area contributed by atoms with E-state index in [1.807, 2.05) is 6.08 Å². The highest BCUT2D eigenvalue weighted by Gasteiger charge is 2.07. The number of rotatable bonds is 1. The van der Waals surface area contributed by atoms with Crippen LogP contribution in [0.15, 0.2) is 18.5 Å². The molecule has 0 spiro atoms. The Morgan fingerprint density at radius 1 is 1.67 bits per heavy atom. The molecular weight excluding hydrogens is 156 g/mol. The first-order valence-electron chi connectivity index (χ1n) is 3.57. The van der Waals surface area contributed by atoms with Crippen LogP contribution in [-0.4, -0.2) is 31.4 Å². The van der Waals surface area contributed by atoms with Crippen LogP contribution in [0.3, 0.4) is 0 Å². The van der Waals surface area contributed by atoms with Crippen molar-refractivity contribution in [3.8, 4) is 0 Å². The van der Waals surface area contributed by atoms with Crippen molar-refractivity contribution < 1.29 is 5.11 Å². The van der Waals surface area contributed by atoms with Crippen molar-refractivity contribution in [1.82, 2.24) is 20.2 Å². The Morgan fingerprint density at radius 2 is 2.58 bits per heavy atom. The van der Waals surface area contributed by atoms with Gasteiger partial charge in [0.05, 0.1) is 11.8 Å². The van der Waals surface area contributed by atoms with E-state index in [2.05, 4.69) is 21.5 Å². The van der Waals surface area contributed by atoms with Gasteiger partial charge in [0, 0.05) is 0 Å².